The normalized spacial score (nSPS) is 23.4. The molecular weight excluding hydrogens is 208 g/mol. The summed E-state index contributed by atoms with van der Waals surface area (Å²) < 4.78 is 0. The van der Waals surface area contributed by atoms with E-state index < -0.39 is 12.0 Å². The molecule has 0 saturated carbocycles. The Kier molecular flexibility index (Phi) is 4.29. The van der Waals surface area contributed by atoms with Gasteiger partial charge >= 0.3 is 5.97 Å². The fourth-order valence-corrected chi connectivity index (χ4v) is 2.00. The highest BCUT2D eigenvalue weighted by Crippen LogP contribution is 2.15. The van der Waals surface area contributed by atoms with Gasteiger partial charge in [0.15, 0.2) is 0 Å². The summed E-state index contributed by atoms with van der Waals surface area (Å²) in [5.41, 5.74) is 0. The Balaban J connectivity index is 2.58. The Bertz CT molecular complexity index is 278. The van der Waals surface area contributed by atoms with Crippen molar-refractivity contribution in [3.05, 3.63) is 0 Å². The zero-order chi connectivity index (χ0) is 12.3. The smallest absolute Gasteiger partial charge is 0.326 e. The van der Waals surface area contributed by atoms with Gasteiger partial charge in [-0.05, 0) is 32.4 Å². The molecular formula is C11H20N2O3. The SMILES string of the molecule is CC(C)[C@H](NC(=O)[C@@H]1CCCN1C)C(=O)O. The molecule has 0 bridgehead atoms. The average molecular weight is 228 g/mol. The summed E-state index contributed by atoms with van der Waals surface area (Å²) in [7, 11) is 1.89. The van der Waals surface area contributed by atoms with E-state index in [9.17, 15) is 9.59 Å². The number of likely N-dealkylation sites (N-methyl/N-ethyl adjacent to an activating group) is 1. The summed E-state index contributed by atoms with van der Waals surface area (Å²) in [6, 6.07) is -0.956. The van der Waals surface area contributed by atoms with Crippen LogP contribution in [-0.2, 0) is 9.59 Å². The molecule has 1 rings (SSSR count). The Morgan fingerprint density at radius 2 is 2.06 bits per heavy atom. The average Bonchev–Trinajstić information content (AvgIpc) is 2.59. The quantitative estimate of drug-likeness (QED) is 0.726. The van der Waals surface area contributed by atoms with Crippen LogP contribution in [0.15, 0.2) is 0 Å². The number of nitrogens with zero attached hydrogens (tertiary/aromatic N) is 1. The van der Waals surface area contributed by atoms with E-state index in [0.717, 1.165) is 19.4 Å². The van der Waals surface area contributed by atoms with Crippen molar-refractivity contribution in [3.63, 3.8) is 0 Å². The monoisotopic (exact) mass is 228 g/mol. The van der Waals surface area contributed by atoms with Crippen LogP contribution in [0.3, 0.4) is 0 Å². The largest absolute Gasteiger partial charge is 0.480 e. The second kappa shape index (κ2) is 5.30. The van der Waals surface area contributed by atoms with E-state index in [1.54, 1.807) is 13.8 Å². The molecule has 1 aliphatic rings. The molecule has 2 N–H and O–H groups in total. The lowest BCUT2D eigenvalue weighted by Crippen LogP contribution is -2.50. The van der Waals surface area contributed by atoms with Gasteiger partial charge in [0.25, 0.3) is 0 Å². The number of aliphatic carboxylic acids is 1. The van der Waals surface area contributed by atoms with Crippen molar-refractivity contribution in [2.75, 3.05) is 13.6 Å². The van der Waals surface area contributed by atoms with Crippen molar-refractivity contribution in [2.24, 2.45) is 5.92 Å². The number of amides is 1. The molecule has 1 aliphatic heterocycles. The number of hydrogen-bond acceptors (Lipinski definition) is 3. The van der Waals surface area contributed by atoms with Gasteiger partial charge < -0.3 is 10.4 Å². The first-order valence-corrected chi connectivity index (χ1v) is 5.67. The summed E-state index contributed by atoms with van der Waals surface area (Å²) >= 11 is 0. The lowest BCUT2D eigenvalue weighted by atomic mass is 10.0. The highest BCUT2D eigenvalue weighted by atomic mass is 16.4. The van der Waals surface area contributed by atoms with Crippen LogP contribution in [0.1, 0.15) is 26.7 Å². The summed E-state index contributed by atoms with van der Waals surface area (Å²) in [6.45, 7) is 4.48. The van der Waals surface area contributed by atoms with E-state index in [4.69, 9.17) is 5.11 Å². The molecule has 1 fully saturated rings. The standard InChI is InChI=1S/C11H20N2O3/c1-7(2)9(11(15)16)12-10(14)8-5-4-6-13(8)3/h7-9H,4-6H2,1-3H3,(H,12,14)(H,15,16)/t8-,9-/m0/s1. The zero-order valence-electron chi connectivity index (χ0n) is 10.1. The summed E-state index contributed by atoms with van der Waals surface area (Å²) in [5.74, 6) is -1.24. The topological polar surface area (TPSA) is 69.6 Å². The van der Waals surface area contributed by atoms with Gasteiger partial charge in [-0.1, -0.05) is 13.8 Å². The first-order chi connectivity index (χ1) is 7.43. The van der Waals surface area contributed by atoms with Crippen LogP contribution in [0.25, 0.3) is 0 Å². The number of carboxylic acid groups (broad SMARTS) is 1. The molecule has 92 valence electrons. The number of carboxylic acids is 1. The van der Waals surface area contributed by atoms with E-state index in [-0.39, 0.29) is 17.9 Å². The molecule has 0 spiro atoms. The van der Waals surface area contributed by atoms with Crippen LogP contribution >= 0.6 is 0 Å². The van der Waals surface area contributed by atoms with E-state index >= 15 is 0 Å². The molecule has 2 atom stereocenters. The molecule has 0 aromatic carbocycles. The molecule has 5 heteroatoms. The molecule has 1 saturated heterocycles. The lowest BCUT2D eigenvalue weighted by molar-refractivity contribution is -0.143. The predicted molar refractivity (Wildman–Crippen MR) is 60.1 cm³/mol. The first kappa shape index (κ1) is 13.0. The van der Waals surface area contributed by atoms with Crippen molar-refractivity contribution in [1.82, 2.24) is 10.2 Å². The van der Waals surface area contributed by atoms with E-state index in [1.165, 1.54) is 0 Å². The lowest BCUT2D eigenvalue weighted by Gasteiger charge is -2.23. The van der Waals surface area contributed by atoms with Crippen LogP contribution in [0.4, 0.5) is 0 Å². The number of carbonyl (C=O) groups excluding carboxylic acids is 1. The highest BCUT2D eigenvalue weighted by Gasteiger charge is 2.31. The van der Waals surface area contributed by atoms with Gasteiger partial charge in [-0.25, -0.2) is 4.79 Å². The zero-order valence-corrected chi connectivity index (χ0v) is 10.1. The third-order valence-corrected chi connectivity index (χ3v) is 3.05. The second-order valence-electron chi connectivity index (χ2n) is 4.71. The summed E-state index contributed by atoms with van der Waals surface area (Å²) in [5, 5.41) is 11.6. The number of rotatable bonds is 4. The van der Waals surface area contributed by atoms with Crippen LogP contribution in [0.5, 0.6) is 0 Å². The number of likely N-dealkylation sites (tertiary alicyclic amines) is 1. The van der Waals surface area contributed by atoms with E-state index in [2.05, 4.69) is 5.32 Å². The van der Waals surface area contributed by atoms with Gasteiger partial charge in [0, 0.05) is 0 Å². The van der Waals surface area contributed by atoms with Crippen molar-refractivity contribution in [1.29, 1.82) is 0 Å². The third-order valence-electron chi connectivity index (χ3n) is 3.05. The van der Waals surface area contributed by atoms with Crippen molar-refractivity contribution < 1.29 is 14.7 Å². The first-order valence-electron chi connectivity index (χ1n) is 5.67. The van der Waals surface area contributed by atoms with Gasteiger partial charge in [-0.2, -0.15) is 0 Å². The minimum absolute atomic E-state index is 0.104. The van der Waals surface area contributed by atoms with Crippen LogP contribution in [0.2, 0.25) is 0 Å². The van der Waals surface area contributed by atoms with Crippen LogP contribution in [0, 0.1) is 5.92 Å². The molecule has 0 unspecified atom stereocenters. The second-order valence-corrected chi connectivity index (χ2v) is 4.71. The highest BCUT2D eigenvalue weighted by molar-refractivity contribution is 5.87. The molecule has 0 radical (unpaired) electrons. The third kappa shape index (κ3) is 2.95. The van der Waals surface area contributed by atoms with Gasteiger partial charge in [0.2, 0.25) is 5.91 Å². The van der Waals surface area contributed by atoms with Crippen LogP contribution < -0.4 is 5.32 Å². The predicted octanol–water partition coefficient (Wildman–Crippen LogP) is 0.306. The molecule has 16 heavy (non-hydrogen) atoms. The number of nitrogens with one attached hydrogen (secondary N) is 1. The fourth-order valence-electron chi connectivity index (χ4n) is 2.00. The Morgan fingerprint density at radius 1 is 1.44 bits per heavy atom. The van der Waals surface area contributed by atoms with Crippen molar-refractivity contribution >= 4 is 11.9 Å². The van der Waals surface area contributed by atoms with Crippen LogP contribution in [-0.4, -0.2) is 47.6 Å². The number of carbonyl (C=O) groups is 2. The molecule has 0 aromatic rings. The maximum Gasteiger partial charge on any atom is 0.326 e. The van der Waals surface area contributed by atoms with Crippen molar-refractivity contribution in [2.45, 2.75) is 38.8 Å². The minimum Gasteiger partial charge on any atom is -0.480 e. The molecule has 5 nitrogen and oxygen atoms in total. The Morgan fingerprint density at radius 3 is 2.44 bits per heavy atom. The van der Waals surface area contributed by atoms with Gasteiger partial charge in [0.1, 0.15) is 6.04 Å². The Labute approximate surface area is 95.8 Å². The Hall–Kier alpha value is -1.10. The maximum atomic E-state index is 11.9. The van der Waals surface area contributed by atoms with E-state index in [1.807, 2.05) is 11.9 Å². The number of hydrogen-bond donors (Lipinski definition) is 2. The molecule has 1 amide bonds. The molecule has 0 aromatic heterocycles. The van der Waals surface area contributed by atoms with Gasteiger partial charge in [-0.3, -0.25) is 9.69 Å². The summed E-state index contributed by atoms with van der Waals surface area (Å²) in [6.07, 6.45) is 1.81. The minimum atomic E-state index is -0.969. The van der Waals surface area contributed by atoms with Gasteiger partial charge in [-0.15, -0.1) is 0 Å². The summed E-state index contributed by atoms with van der Waals surface area (Å²) in [4.78, 5) is 24.8. The molecule has 0 aliphatic carbocycles. The van der Waals surface area contributed by atoms with Crippen molar-refractivity contribution in [3.8, 4) is 0 Å². The van der Waals surface area contributed by atoms with Gasteiger partial charge in [0.05, 0.1) is 6.04 Å². The molecule has 1 heterocycles. The van der Waals surface area contributed by atoms with E-state index in [0.29, 0.717) is 0 Å². The fraction of sp³-hybridized carbons (Fsp3) is 0.818. The maximum absolute atomic E-state index is 11.9.